The lowest BCUT2D eigenvalue weighted by Gasteiger charge is -2.19. The summed E-state index contributed by atoms with van der Waals surface area (Å²) < 4.78 is 5.94. The Morgan fingerprint density at radius 1 is 0.758 bits per heavy atom. The zero-order chi connectivity index (χ0) is 22.6. The van der Waals surface area contributed by atoms with Gasteiger partial charge in [-0.05, 0) is 60.5 Å². The minimum Gasteiger partial charge on any atom is -0.457 e. The van der Waals surface area contributed by atoms with Gasteiger partial charge in [0.1, 0.15) is 23.0 Å². The normalized spacial score (nSPS) is 14.5. The van der Waals surface area contributed by atoms with E-state index in [0.717, 1.165) is 28.1 Å². The predicted octanol–water partition coefficient (Wildman–Crippen LogP) is 6.62. The van der Waals surface area contributed by atoms with Crippen molar-refractivity contribution in [2.75, 3.05) is 4.90 Å². The molecule has 160 valence electrons. The van der Waals surface area contributed by atoms with Crippen molar-refractivity contribution in [3.05, 3.63) is 132 Å². The Kier molecular flexibility index (Phi) is 5.56. The van der Waals surface area contributed by atoms with Gasteiger partial charge in [-0.3, -0.25) is 9.69 Å². The molecule has 4 aromatic rings. The Morgan fingerprint density at radius 3 is 2.21 bits per heavy atom. The standard InChI is InChI=1S/C29H22N2O2/c1-21-10-8-14-24(18-21)31-28(23-12-4-2-5-13-23)30-27(29(31)32)20-22-11-9-17-26(19-22)33-25-15-6-3-7-16-25/h2-20H,1H3. The van der Waals surface area contributed by atoms with Gasteiger partial charge < -0.3 is 4.74 Å². The fraction of sp³-hybridized carbons (Fsp3) is 0.0345. The summed E-state index contributed by atoms with van der Waals surface area (Å²) in [6.45, 7) is 2.01. The van der Waals surface area contributed by atoms with Gasteiger partial charge in [0.05, 0.1) is 5.69 Å². The van der Waals surface area contributed by atoms with Gasteiger partial charge in [-0.25, -0.2) is 4.99 Å². The van der Waals surface area contributed by atoms with Gasteiger partial charge in [0.25, 0.3) is 5.91 Å². The number of rotatable bonds is 5. The van der Waals surface area contributed by atoms with Crippen LogP contribution in [0.5, 0.6) is 11.5 Å². The van der Waals surface area contributed by atoms with Crippen molar-refractivity contribution in [1.29, 1.82) is 0 Å². The SMILES string of the molecule is Cc1cccc(N2C(=O)C(=Cc3cccc(Oc4ccccc4)c3)N=C2c2ccccc2)c1. The summed E-state index contributed by atoms with van der Waals surface area (Å²) in [7, 11) is 0. The molecule has 0 unspecified atom stereocenters. The number of hydrogen-bond donors (Lipinski definition) is 0. The molecule has 0 aromatic heterocycles. The lowest BCUT2D eigenvalue weighted by atomic mass is 10.1. The first-order chi connectivity index (χ1) is 16.2. The third kappa shape index (κ3) is 4.46. The molecule has 4 aromatic carbocycles. The Bertz CT molecular complexity index is 1360. The van der Waals surface area contributed by atoms with Crippen LogP contribution < -0.4 is 9.64 Å². The van der Waals surface area contributed by atoms with Crippen LogP contribution in [0, 0.1) is 6.92 Å². The summed E-state index contributed by atoms with van der Waals surface area (Å²) >= 11 is 0. The number of carbonyl (C=O) groups is 1. The lowest BCUT2D eigenvalue weighted by molar-refractivity contribution is -0.113. The second-order valence-corrected chi connectivity index (χ2v) is 7.80. The molecule has 4 heteroatoms. The maximum atomic E-state index is 13.5. The Hall–Kier alpha value is -4.44. The highest BCUT2D eigenvalue weighted by molar-refractivity contribution is 6.33. The number of ether oxygens (including phenoxy) is 1. The summed E-state index contributed by atoms with van der Waals surface area (Å²) in [5, 5.41) is 0. The molecule has 0 saturated carbocycles. The molecule has 4 nitrogen and oxygen atoms in total. The van der Waals surface area contributed by atoms with Crippen LogP contribution in [0.25, 0.3) is 6.08 Å². The molecule has 0 spiro atoms. The van der Waals surface area contributed by atoms with Crippen LogP contribution in [0.3, 0.4) is 0 Å². The smallest absolute Gasteiger partial charge is 0.282 e. The highest BCUT2D eigenvalue weighted by Crippen LogP contribution is 2.29. The van der Waals surface area contributed by atoms with E-state index < -0.39 is 0 Å². The number of aliphatic imine (C=N–C) groups is 1. The Morgan fingerprint density at radius 2 is 1.45 bits per heavy atom. The van der Waals surface area contributed by atoms with E-state index in [9.17, 15) is 4.79 Å². The quantitative estimate of drug-likeness (QED) is 0.334. The number of amides is 1. The molecule has 1 aliphatic rings. The maximum Gasteiger partial charge on any atom is 0.282 e. The van der Waals surface area contributed by atoms with Crippen molar-refractivity contribution in [3.8, 4) is 11.5 Å². The summed E-state index contributed by atoms with van der Waals surface area (Å²) in [5.74, 6) is 1.92. The molecule has 1 amide bonds. The zero-order valence-corrected chi connectivity index (χ0v) is 18.2. The third-order valence-corrected chi connectivity index (χ3v) is 5.29. The number of carbonyl (C=O) groups excluding carboxylic acids is 1. The highest BCUT2D eigenvalue weighted by Gasteiger charge is 2.32. The fourth-order valence-electron chi connectivity index (χ4n) is 3.75. The van der Waals surface area contributed by atoms with E-state index in [4.69, 9.17) is 9.73 Å². The van der Waals surface area contributed by atoms with Gasteiger partial charge in [0, 0.05) is 5.56 Å². The minimum atomic E-state index is -0.158. The van der Waals surface area contributed by atoms with E-state index in [1.165, 1.54) is 0 Å². The van der Waals surface area contributed by atoms with Crippen LogP contribution in [-0.2, 0) is 4.79 Å². The number of para-hydroxylation sites is 1. The minimum absolute atomic E-state index is 0.158. The van der Waals surface area contributed by atoms with Gasteiger partial charge in [0.15, 0.2) is 0 Å². The molecule has 0 saturated heterocycles. The largest absolute Gasteiger partial charge is 0.457 e. The summed E-state index contributed by atoms with van der Waals surface area (Å²) in [4.78, 5) is 19.9. The number of nitrogens with zero attached hydrogens (tertiary/aromatic N) is 2. The van der Waals surface area contributed by atoms with Gasteiger partial charge in [-0.15, -0.1) is 0 Å². The van der Waals surface area contributed by atoms with Crippen molar-refractivity contribution in [3.63, 3.8) is 0 Å². The molecule has 0 N–H and O–H groups in total. The average molecular weight is 431 g/mol. The fourth-order valence-corrected chi connectivity index (χ4v) is 3.75. The van der Waals surface area contributed by atoms with E-state index in [1.807, 2.05) is 116 Å². The predicted molar refractivity (Wildman–Crippen MR) is 133 cm³/mol. The lowest BCUT2D eigenvalue weighted by Crippen LogP contribution is -2.32. The summed E-state index contributed by atoms with van der Waals surface area (Å²) in [6, 6.07) is 34.9. The molecule has 33 heavy (non-hydrogen) atoms. The molecule has 0 bridgehead atoms. The van der Waals surface area contributed by atoms with Gasteiger partial charge in [-0.2, -0.15) is 0 Å². The first-order valence-electron chi connectivity index (χ1n) is 10.8. The monoisotopic (exact) mass is 430 g/mol. The number of amidine groups is 1. The molecule has 1 heterocycles. The third-order valence-electron chi connectivity index (χ3n) is 5.29. The second kappa shape index (κ2) is 8.97. The molecular weight excluding hydrogens is 408 g/mol. The molecular formula is C29H22N2O2. The van der Waals surface area contributed by atoms with Crippen LogP contribution in [0.1, 0.15) is 16.7 Å². The van der Waals surface area contributed by atoms with Crippen molar-refractivity contribution < 1.29 is 9.53 Å². The number of benzene rings is 4. The molecule has 0 radical (unpaired) electrons. The molecule has 0 fully saturated rings. The molecule has 5 rings (SSSR count). The average Bonchev–Trinajstić information content (AvgIpc) is 3.16. The van der Waals surface area contributed by atoms with E-state index in [2.05, 4.69) is 0 Å². The van der Waals surface area contributed by atoms with Crippen LogP contribution in [-0.4, -0.2) is 11.7 Å². The van der Waals surface area contributed by atoms with Crippen LogP contribution in [0.4, 0.5) is 5.69 Å². The first kappa shape index (κ1) is 20.5. The van der Waals surface area contributed by atoms with Gasteiger partial charge in [-0.1, -0.05) is 72.8 Å². The van der Waals surface area contributed by atoms with Crippen molar-refractivity contribution in [2.24, 2.45) is 4.99 Å². The summed E-state index contributed by atoms with van der Waals surface area (Å²) in [6.07, 6.45) is 1.80. The van der Waals surface area contributed by atoms with Gasteiger partial charge in [0.2, 0.25) is 0 Å². The van der Waals surface area contributed by atoms with Crippen LogP contribution in [0.15, 0.2) is 120 Å². The maximum absolute atomic E-state index is 13.5. The number of anilines is 1. The number of aryl methyl sites for hydroxylation is 1. The summed E-state index contributed by atoms with van der Waals surface area (Å²) in [5.41, 5.74) is 3.99. The van der Waals surface area contributed by atoms with E-state index in [0.29, 0.717) is 17.3 Å². The van der Waals surface area contributed by atoms with Crippen LogP contribution >= 0.6 is 0 Å². The molecule has 0 atom stereocenters. The zero-order valence-electron chi connectivity index (χ0n) is 18.2. The Balaban J connectivity index is 1.52. The van der Waals surface area contributed by atoms with Crippen LogP contribution in [0.2, 0.25) is 0 Å². The van der Waals surface area contributed by atoms with E-state index >= 15 is 0 Å². The molecule has 0 aliphatic carbocycles. The molecule has 1 aliphatic heterocycles. The van der Waals surface area contributed by atoms with E-state index in [-0.39, 0.29) is 5.91 Å². The topological polar surface area (TPSA) is 41.9 Å². The Labute approximate surface area is 193 Å². The highest BCUT2D eigenvalue weighted by atomic mass is 16.5. The van der Waals surface area contributed by atoms with Gasteiger partial charge >= 0.3 is 0 Å². The second-order valence-electron chi connectivity index (χ2n) is 7.80. The van der Waals surface area contributed by atoms with Crippen molar-refractivity contribution >= 4 is 23.5 Å². The van der Waals surface area contributed by atoms with E-state index in [1.54, 1.807) is 11.0 Å². The van der Waals surface area contributed by atoms with Crippen molar-refractivity contribution in [1.82, 2.24) is 0 Å². The first-order valence-corrected chi connectivity index (χ1v) is 10.8. The van der Waals surface area contributed by atoms with Crippen molar-refractivity contribution in [2.45, 2.75) is 6.92 Å². The number of hydrogen-bond acceptors (Lipinski definition) is 3.